The average molecular weight is 312 g/mol. The number of rotatable bonds is 5. The van der Waals surface area contributed by atoms with Crippen molar-refractivity contribution in [1.82, 2.24) is 0 Å². The summed E-state index contributed by atoms with van der Waals surface area (Å²) in [5.41, 5.74) is 2.76. The molecule has 1 aliphatic rings. The van der Waals surface area contributed by atoms with Crippen LogP contribution in [0, 0.1) is 0 Å². The molecule has 0 unspecified atom stereocenters. The van der Waals surface area contributed by atoms with Gasteiger partial charge in [-0.15, -0.1) is 0 Å². The Morgan fingerprint density at radius 2 is 1.83 bits per heavy atom. The lowest BCUT2D eigenvalue weighted by atomic mass is 10.1. The number of anilines is 1. The SMILES string of the molecule is CCN=C1C=CC(=CN(O)c2ccc(C(=O)OCC)cc2)C=C1. The second-order valence-corrected chi connectivity index (χ2v) is 4.81. The number of nitrogens with zero attached hydrogens (tertiary/aromatic N) is 2. The van der Waals surface area contributed by atoms with Crippen LogP contribution in [0.25, 0.3) is 0 Å². The van der Waals surface area contributed by atoms with E-state index in [2.05, 4.69) is 4.99 Å². The number of hydroxylamine groups is 1. The number of carbonyl (C=O) groups is 1. The first-order valence-electron chi connectivity index (χ1n) is 7.51. The summed E-state index contributed by atoms with van der Waals surface area (Å²) >= 11 is 0. The molecule has 0 atom stereocenters. The van der Waals surface area contributed by atoms with E-state index in [9.17, 15) is 10.0 Å². The maximum absolute atomic E-state index is 11.6. The number of hydrogen-bond donors (Lipinski definition) is 1. The molecule has 120 valence electrons. The predicted octanol–water partition coefficient (Wildman–Crippen LogP) is 3.53. The second kappa shape index (κ2) is 8.10. The fourth-order valence-corrected chi connectivity index (χ4v) is 2.03. The molecule has 0 fully saturated rings. The van der Waals surface area contributed by atoms with Gasteiger partial charge >= 0.3 is 5.97 Å². The maximum atomic E-state index is 11.6. The van der Waals surface area contributed by atoms with Gasteiger partial charge in [0.2, 0.25) is 0 Å². The standard InChI is InChI=1S/C18H20N2O3/c1-3-19-16-9-5-14(6-10-16)13-20(22)17-11-7-15(8-12-17)18(21)23-4-2/h5-13,22H,3-4H2,1-2H3. The third-order valence-corrected chi connectivity index (χ3v) is 3.15. The molecular weight excluding hydrogens is 292 g/mol. The van der Waals surface area contributed by atoms with E-state index in [0.29, 0.717) is 17.9 Å². The molecule has 1 aromatic carbocycles. The van der Waals surface area contributed by atoms with Crippen LogP contribution in [0.3, 0.4) is 0 Å². The number of esters is 1. The lowest BCUT2D eigenvalue weighted by molar-refractivity contribution is 0.0526. The highest BCUT2D eigenvalue weighted by Crippen LogP contribution is 2.17. The molecule has 0 saturated carbocycles. The Hall–Kier alpha value is -2.66. The first-order chi connectivity index (χ1) is 11.1. The average Bonchev–Trinajstić information content (AvgIpc) is 2.57. The van der Waals surface area contributed by atoms with Gasteiger partial charge in [-0.2, -0.15) is 0 Å². The molecule has 5 nitrogen and oxygen atoms in total. The molecule has 0 radical (unpaired) electrons. The van der Waals surface area contributed by atoms with E-state index in [1.807, 2.05) is 31.2 Å². The van der Waals surface area contributed by atoms with Crippen molar-refractivity contribution in [2.24, 2.45) is 4.99 Å². The number of hydrogen-bond acceptors (Lipinski definition) is 5. The molecule has 0 bridgehead atoms. The van der Waals surface area contributed by atoms with Crippen LogP contribution in [0.5, 0.6) is 0 Å². The van der Waals surface area contributed by atoms with Gasteiger partial charge in [-0.3, -0.25) is 10.2 Å². The van der Waals surface area contributed by atoms with Crippen molar-refractivity contribution in [3.8, 4) is 0 Å². The Kier molecular flexibility index (Phi) is 5.88. The van der Waals surface area contributed by atoms with Gasteiger partial charge < -0.3 is 4.74 Å². The normalized spacial score (nSPS) is 13.0. The molecule has 0 heterocycles. The van der Waals surface area contributed by atoms with Crippen LogP contribution in [0.15, 0.2) is 65.3 Å². The minimum atomic E-state index is -0.372. The van der Waals surface area contributed by atoms with E-state index < -0.39 is 0 Å². The van der Waals surface area contributed by atoms with E-state index in [4.69, 9.17) is 4.74 Å². The number of aliphatic imine (C=N–C) groups is 1. The summed E-state index contributed by atoms with van der Waals surface area (Å²) in [6, 6.07) is 6.55. The molecule has 0 aromatic heterocycles. The molecular formula is C18H20N2O3. The third kappa shape index (κ3) is 4.66. The summed E-state index contributed by atoms with van der Waals surface area (Å²) in [4.78, 5) is 15.9. The van der Waals surface area contributed by atoms with Crippen molar-refractivity contribution in [1.29, 1.82) is 0 Å². The molecule has 2 rings (SSSR count). The molecule has 1 aromatic rings. The van der Waals surface area contributed by atoms with Crippen LogP contribution in [-0.2, 0) is 4.74 Å². The van der Waals surface area contributed by atoms with Gasteiger partial charge in [0.1, 0.15) is 0 Å². The number of carbonyl (C=O) groups excluding carboxylic acids is 1. The van der Waals surface area contributed by atoms with Gasteiger partial charge in [0.05, 0.1) is 23.6 Å². The molecule has 0 saturated heterocycles. The van der Waals surface area contributed by atoms with E-state index >= 15 is 0 Å². The predicted molar refractivity (Wildman–Crippen MR) is 91.0 cm³/mol. The van der Waals surface area contributed by atoms with Crippen molar-refractivity contribution in [3.05, 3.63) is 65.9 Å². The summed E-state index contributed by atoms with van der Waals surface area (Å²) in [6.45, 7) is 4.81. The zero-order chi connectivity index (χ0) is 16.7. The zero-order valence-electron chi connectivity index (χ0n) is 13.3. The van der Waals surface area contributed by atoms with Crippen molar-refractivity contribution < 1.29 is 14.7 Å². The zero-order valence-corrected chi connectivity index (χ0v) is 13.3. The highest BCUT2D eigenvalue weighted by Gasteiger charge is 2.08. The largest absolute Gasteiger partial charge is 0.462 e. The van der Waals surface area contributed by atoms with Crippen LogP contribution in [0.4, 0.5) is 5.69 Å². The number of ether oxygens (including phenoxy) is 1. The molecule has 1 aliphatic carbocycles. The summed E-state index contributed by atoms with van der Waals surface area (Å²) in [7, 11) is 0. The fourth-order valence-electron chi connectivity index (χ4n) is 2.03. The highest BCUT2D eigenvalue weighted by atomic mass is 16.5. The maximum Gasteiger partial charge on any atom is 0.338 e. The van der Waals surface area contributed by atoms with Crippen LogP contribution >= 0.6 is 0 Å². The van der Waals surface area contributed by atoms with Crippen molar-refractivity contribution in [3.63, 3.8) is 0 Å². The quantitative estimate of drug-likeness (QED) is 0.667. The minimum absolute atomic E-state index is 0.334. The fraction of sp³-hybridized carbons (Fsp3) is 0.222. The number of allylic oxidation sites excluding steroid dienone is 5. The van der Waals surface area contributed by atoms with Crippen LogP contribution in [0.1, 0.15) is 24.2 Å². The van der Waals surface area contributed by atoms with Crippen LogP contribution < -0.4 is 5.06 Å². The van der Waals surface area contributed by atoms with E-state index in [1.165, 1.54) is 0 Å². The lowest BCUT2D eigenvalue weighted by Crippen LogP contribution is -2.11. The van der Waals surface area contributed by atoms with Crippen molar-refractivity contribution in [2.75, 3.05) is 18.2 Å². The molecule has 0 amide bonds. The van der Waals surface area contributed by atoms with Gasteiger partial charge in [-0.05, 0) is 55.8 Å². The first-order valence-corrected chi connectivity index (χ1v) is 7.51. The second-order valence-electron chi connectivity index (χ2n) is 4.81. The first kappa shape index (κ1) is 16.7. The molecule has 1 N–H and O–H groups in total. The summed E-state index contributed by atoms with van der Waals surface area (Å²) < 4.78 is 4.92. The smallest absolute Gasteiger partial charge is 0.338 e. The molecule has 5 heteroatoms. The summed E-state index contributed by atoms with van der Waals surface area (Å²) in [6.07, 6.45) is 9.14. The summed E-state index contributed by atoms with van der Waals surface area (Å²) in [5, 5.41) is 11.1. The Bertz CT molecular complexity index is 652. The Balaban J connectivity index is 2.07. The van der Waals surface area contributed by atoms with Crippen molar-refractivity contribution >= 4 is 17.4 Å². The molecule has 0 aliphatic heterocycles. The van der Waals surface area contributed by atoms with E-state index in [0.717, 1.165) is 22.9 Å². The van der Waals surface area contributed by atoms with Crippen LogP contribution in [-0.4, -0.2) is 30.0 Å². The number of benzene rings is 1. The summed E-state index contributed by atoms with van der Waals surface area (Å²) in [5.74, 6) is -0.372. The van der Waals surface area contributed by atoms with Gasteiger partial charge in [0.25, 0.3) is 0 Å². The third-order valence-electron chi connectivity index (χ3n) is 3.15. The van der Waals surface area contributed by atoms with E-state index in [-0.39, 0.29) is 5.97 Å². The van der Waals surface area contributed by atoms with Gasteiger partial charge in [-0.25, -0.2) is 9.86 Å². The Morgan fingerprint density at radius 1 is 1.17 bits per heavy atom. The molecule has 0 spiro atoms. The minimum Gasteiger partial charge on any atom is -0.462 e. The van der Waals surface area contributed by atoms with Gasteiger partial charge in [0, 0.05) is 12.7 Å². The Labute approximate surface area is 135 Å². The van der Waals surface area contributed by atoms with Crippen LogP contribution in [0.2, 0.25) is 0 Å². The Morgan fingerprint density at radius 3 is 2.39 bits per heavy atom. The van der Waals surface area contributed by atoms with Gasteiger partial charge in [-0.1, -0.05) is 12.2 Å². The highest BCUT2D eigenvalue weighted by molar-refractivity contribution is 6.05. The van der Waals surface area contributed by atoms with E-state index in [1.54, 1.807) is 37.4 Å². The lowest BCUT2D eigenvalue weighted by Gasteiger charge is -2.14. The molecule has 23 heavy (non-hydrogen) atoms. The monoisotopic (exact) mass is 312 g/mol. The topological polar surface area (TPSA) is 62.1 Å². The van der Waals surface area contributed by atoms with Gasteiger partial charge in [0.15, 0.2) is 0 Å². The van der Waals surface area contributed by atoms with Crippen molar-refractivity contribution in [2.45, 2.75) is 13.8 Å².